The fourth-order valence-corrected chi connectivity index (χ4v) is 3.66. The van der Waals surface area contributed by atoms with Crippen LogP contribution in [-0.2, 0) is 6.54 Å². The molecule has 1 atom stereocenters. The lowest BCUT2D eigenvalue weighted by Crippen LogP contribution is -2.48. The van der Waals surface area contributed by atoms with Crippen molar-refractivity contribution in [3.05, 3.63) is 35.9 Å². The Bertz CT molecular complexity index is 502. The lowest BCUT2D eigenvalue weighted by atomic mass is 10.00. The molecular formula is C19H28N4. The Morgan fingerprint density at radius 3 is 2.35 bits per heavy atom. The van der Waals surface area contributed by atoms with E-state index in [1.807, 2.05) is 0 Å². The second-order valence-electron chi connectivity index (χ2n) is 6.87. The number of rotatable bonds is 5. The SMILES string of the molecule is N#CC1CCCN(CCN2CCN(Cc3ccccc3)CC2)C1. The van der Waals surface area contributed by atoms with E-state index in [9.17, 15) is 0 Å². The first-order chi connectivity index (χ1) is 11.3. The Labute approximate surface area is 140 Å². The van der Waals surface area contributed by atoms with Crippen molar-refractivity contribution >= 4 is 0 Å². The van der Waals surface area contributed by atoms with Crippen LogP contribution in [0.5, 0.6) is 0 Å². The molecule has 1 aromatic rings. The lowest BCUT2D eigenvalue weighted by molar-refractivity contribution is 0.106. The van der Waals surface area contributed by atoms with Gasteiger partial charge < -0.3 is 4.90 Å². The summed E-state index contributed by atoms with van der Waals surface area (Å²) in [6.07, 6.45) is 2.27. The van der Waals surface area contributed by atoms with Gasteiger partial charge in [0.05, 0.1) is 12.0 Å². The first-order valence-electron chi connectivity index (χ1n) is 8.94. The van der Waals surface area contributed by atoms with Crippen LogP contribution in [0.25, 0.3) is 0 Å². The molecule has 2 fully saturated rings. The fraction of sp³-hybridized carbons (Fsp3) is 0.632. The van der Waals surface area contributed by atoms with E-state index < -0.39 is 0 Å². The molecule has 2 aliphatic heterocycles. The zero-order chi connectivity index (χ0) is 15.9. The molecule has 0 saturated carbocycles. The predicted molar refractivity (Wildman–Crippen MR) is 92.9 cm³/mol. The molecule has 1 aromatic carbocycles. The molecule has 23 heavy (non-hydrogen) atoms. The van der Waals surface area contributed by atoms with Crippen LogP contribution >= 0.6 is 0 Å². The molecule has 4 nitrogen and oxygen atoms in total. The minimum atomic E-state index is 0.256. The molecule has 2 saturated heterocycles. The van der Waals surface area contributed by atoms with Gasteiger partial charge in [0.2, 0.25) is 0 Å². The molecule has 0 aromatic heterocycles. The number of nitriles is 1. The van der Waals surface area contributed by atoms with Gasteiger partial charge in [-0.1, -0.05) is 30.3 Å². The third-order valence-electron chi connectivity index (χ3n) is 5.13. The number of hydrogen-bond acceptors (Lipinski definition) is 4. The van der Waals surface area contributed by atoms with Crippen molar-refractivity contribution in [1.82, 2.24) is 14.7 Å². The van der Waals surface area contributed by atoms with E-state index in [0.717, 1.165) is 45.7 Å². The van der Waals surface area contributed by atoms with Crippen LogP contribution < -0.4 is 0 Å². The van der Waals surface area contributed by atoms with Gasteiger partial charge in [0.15, 0.2) is 0 Å². The van der Waals surface area contributed by atoms with Gasteiger partial charge in [-0.25, -0.2) is 0 Å². The van der Waals surface area contributed by atoms with E-state index in [1.165, 1.54) is 31.6 Å². The number of benzene rings is 1. The number of hydrogen-bond donors (Lipinski definition) is 0. The molecule has 3 rings (SSSR count). The van der Waals surface area contributed by atoms with Crippen LogP contribution in [0.1, 0.15) is 18.4 Å². The zero-order valence-corrected chi connectivity index (χ0v) is 14.0. The Morgan fingerprint density at radius 2 is 1.61 bits per heavy atom. The smallest absolute Gasteiger partial charge is 0.0669 e. The van der Waals surface area contributed by atoms with Crippen molar-refractivity contribution in [3.8, 4) is 6.07 Å². The maximum Gasteiger partial charge on any atom is 0.0669 e. The van der Waals surface area contributed by atoms with Crippen LogP contribution in [0.4, 0.5) is 0 Å². The molecule has 2 aliphatic rings. The summed E-state index contributed by atoms with van der Waals surface area (Å²) in [6.45, 7) is 10.2. The number of nitrogens with zero attached hydrogens (tertiary/aromatic N) is 4. The summed E-state index contributed by atoms with van der Waals surface area (Å²) in [5.41, 5.74) is 1.41. The quantitative estimate of drug-likeness (QED) is 0.833. The van der Waals surface area contributed by atoms with Gasteiger partial charge in [0, 0.05) is 52.4 Å². The van der Waals surface area contributed by atoms with Crippen LogP contribution in [0.3, 0.4) is 0 Å². The minimum Gasteiger partial charge on any atom is -0.301 e. The van der Waals surface area contributed by atoms with Gasteiger partial charge in [-0.15, -0.1) is 0 Å². The number of piperazine rings is 1. The number of likely N-dealkylation sites (tertiary alicyclic amines) is 1. The maximum absolute atomic E-state index is 9.08. The van der Waals surface area contributed by atoms with Crippen molar-refractivity contribution in [2.75, 3.05) is 52.4 Å². The summed E-state index contributed by atoms with van der Waals surface area (Å²) in [5.74, 6) is 0.256. The van der Waals surface area contributed by atoms with Crippen molar-refractivity contribution in [1.29, 1.82) is 5.26 Å². The number of piperidine rings is 1. The molecule has 2 heterocycles. The molecular weight excluding hydrogens is 284 g/mol. The molecule has 0 aliphatic carbocycles. The summed E-state index contributed by atoms with van der Waals surface area (Å²) in [4.78, 5) is 7.61. The van der Waals surface area contributed by atoms with E-state index in [2.05, 4.69) is 51.1 Å². The molecule has 0 bridgehead atoms. The van der Waals surface area contributed by atoms with Crippen LogP contribution in [0, 0.1) is 17.2 Å². The second-order valence-corrected chi connectivity index (χ2v) is 6.87. The fourth-order valence-electron chi connectivity index (χ4n) is 3.66. The van der Waals surface area contributed by atoms with Gasteiger partial charge >= 0.3 is 0 Å². The molecule has 1 unspecified atom stereocenters. The third-order valence-corrected chi connectivity index (χ3v) is 5.13. The molecule has 0 N–H and O–H groups in total. The first-order valence-corrected chi connectivity index (χ1v) is 8.94. The Kier molecular flexibility index (Phi) is 6.04. The minimum absolute atomic E-state index is 0.256. The van der Waals surface area contributed by atoms with Gasteiger partial charge in [-0.3, -0.25) is 9.80 Å². The van der Waals surface area contributed by atoms with Crippen molar-refractivity contribution in [3.63, 3.8) is 0 Å². The second kappa shape index (κ2) is 8.44. The first kappa shape index (κ1) is 16.4. The van der Waals surface area contributed by atoms with E-state index in [0.29, 0.717) is 0 Å². The molecule has 0 amide bonds. The van der Waals surface area contributed by atoms with Gasteiger partial charge in [-0.2, -0.15) is 5.26 Å². The predicted octanol–water partition coefficient (Wildman–Crippen LogP) is 2.04. The Balaban J connectivity index is 1.35. The van der Waals surface area contributed by atoms with E-state index >= 15 is 0 Å². The van der Waals surface area contributed by atoms with Gasteiger partial charge in [0.25, 0.3) is 0 Å². The summed E-state index contributed by atoms with van der Waals surface area (Å²) >= 11 is 0. The van der Waals surface area contributed by atoms with Crippen LogP contribution in [-0.4, -0.2) is 67.1 Å². The van der Waals surface area contributed by atoms with Gasteiger partial charge in [-0.05, 0) is 24.9 Å². The van der Waals surface area contributed by atoms with Crippen LogP contribution in [0.15, 0.2) is 30.3 Å². The van der Waals surface area contributed by atoms with E-state index in [1.54, 1.807) is 0 Å². The highest BCUT2D eigenvalue weighted by atomic mass is 15.3. The Hall–Kier alpha value is -1.41. The van der Waals surface area contributed by atoms with Crippen molar-refractivity contribution < 1.29 is 0 Å². The topological polar surface area (TPSA) is 33.5 Å². The highest BCUT2D eigenvalue weighted by molar-refractivity contribution is 5.14. The standard InChI is InChI=1S/C19H28N4/c20-15-19-7-4-8-22(17-19)12-9-21-10-13-23(14-11-21)16-18-5-2-1-3-6-18/h1-3,5-6,19H,4,7-14,16-17H2. The average molecular weight is 312 g/mol. The van der Waals surface area contributed by atoms with E-state index in [-0.39, 0.29) is 5.92 Å². The van der Waals surface area contributed by atoms with Crippen molar-refractivity contribution in [2.45, 2.75) is 19.4 Å². The molecule has 0 spiro atoms. The monoisotopic (exact) mass is 312 g/mol. The molecule has 0 radical (unpaired) electrons. The summed E-state index contributed by atoms with van der Waals surface area (Å²) in [5, 5.41) is 9.08. The van der Waals surface area contributed by atoms with Crippen molar-refractivity contribution in [2.24, 2.45) is 5.92 Å². The average Bonchev–Trinajstić information content (AvgIpc) is 2.62. The lowest BCUT2D eigenvalue weighted by Gasteiger charge is -2.37. The summed E-state index contributed by atoms with van der Waals surface area (Å²) in [6, 6.07) is 13.2. The highest BCUT2D eigenvalue weighted by Gasteiger charge is 2.21. The molecule has 4 heteroatoms. The highest BCUT2D eigenvalue weighted by Crippen LogP contribution is 2.15. The maximum atomic E-state index is 9.08. The molecule has 124 valence electrons. The van der Waals surface area contributed by atoms with Gasteiger partial charge in [0.1, 0.15) is 0 Å². The van der Waals surface area contributed by atoms with Crippen LogP contribution in [0.2, 0.25) is 0 Å². The summed E-state index contributed by atoms with van der Waals surface area (Å²) < 4.78 is 0. The largest absolute Gasteiger partial charge is 0.301 e. The third kappa shape index (κ3) is 5.04. The van der Waals surface area contributed by atoms with E-state index in [4.69, 9.17) is 5.26 Å². The zero-order valence-electron chi connectivity index (χ0n) is 14.0. The Morgan fingerprint density at radius 1 is 0.913 bits per heavy atom. The normalized spacial score (nSPS) is 24.4. The summed E-state index contributed by atoms with van der Waals surface area (Å²) in [7, 11) is 0.